The summed E-state index contributed by atoms with van der Waals surface area (Å²) in [6.45, 7) is 1.83. The van der Waals surface area contributed by atoms with E-state index in [0.717, 1.165) is 11.1 Å². The van der Waals surface area contributed by atoms with Crippen LogP contribution in [0.4, 0.5) is 5.69 Å². The lowest BCUT2D eigenvalue weighted by Gasteiger charge is -2.12. The summed E-state index contributed by atoms with van der Waals surface area (Å²) in [6, 6.07) is 20.3. The number of aryl methyl sites for hydroxylation is 1. The van der Waals surface area contributed by atoms with Crippen molar-refractivity contribution in [2.24, 2.45) is 0 Å². The van der Waals surface area contributed by atoms with Crippen molar-refractivity contribution in [2.45, 2.75) is 6.92 Å². The molecule has 0 unspecified atom stereocenters. The molecule has 1 aromatic heterocycles. The van der Waals surface area contributed by atoms with Gasteiger partial charge in [0, 0.05) is 11.9 Å². The lowest BCUT2D eigenvalue weighted by Crippen LogP contribution is -2.20. The Hall–Kier alpha value is -4.11. The Kier molecular flexibility index (Phi) is 6.80. The van der Waals surface area contributed by atoms with Crippen molar-refractivity contribution in [3.8, 4) is 17.6 Å². The van der Waals surface area contributed by atoms with Gasteiger partial charge in [0.05, 0.1) is 18.4 Å². The number of aromatic nitrogens is 1. The van der Waals surface area contributed by atoms with Gasteiger partial charge in [0.25, 0.3) is 5.91 Å². The number of nitrogens with zero attached hydrogens (tertiary/aromatic N) is 2. The van der Waals surface area contributed by atoms with Gasteiger partial charge in [-0.2, -0.15) is 5.26 Å². The molecule has 1 N–H and O–H groups in total. The van der Waals surface area contributed by atoms with Crippen molar-refractivity contribution < 1.29 is 14.3 Å². The first-order valence-electron chi connectivity index (χ1n) is 9.29. The van der Waals surface area contributed by atoms with E-state index >= 15 is 0 Å². The third-order valence-electron chi connectivity index (χ3n) is 4.25. The van der Waals surface area contributed by atoms with E-state index in [4.69, 9.17) is 9.47 Å². The molecule has 0 fully saturated rings. The van der Waals surface area contributed by atoms with Crippen molar-refractivity contribution in [1.82, 2.24) is 4.98 Å². The molecule has 0 atom stereocenters. The first-order chi connectivity index (χ1) is 14.6. The van der Waals surface area contributed by atoms with Gasteiger partial charge in [0.15, 0.2) is 18.1 Å². The molecule has 0 bridgehead atoms. The van der Waals surface area contributed by atoms with Crippen molar-refractivity contribution in [1.29, 1.82) is 5.26 Å². The Bertz CT molecular complexity index is 1080. The molecule has 1 heterocycles. The van der Waals surface area contributed by atoms with E-state index in [1.165, 1.54) is 7.11 Å². The minimum atomic E-state index is -0.271. The number of amides is 1. The smallest absolute Gasteiger partial charge is 0.262 e. The minimum Gasteiger partial charge on any atom is -0.493 e. The second-order valence-corrected chi connectivity index (χ2v) is 6.50. The maximum Gasteiger partial charge on any atom is 0.262 e. The Balaban J connectivity index is 1.69. The second-order valence-electron chi connectivity index (χ2n) is 6.50. The Labute approximate surface area is 175 Å². The lowest BCUT2D eigenvalue weighted by molar-refractivity contribution is -0.118. The first-order valence-corrected chi connectivity index (χ1v) is 9.29. The number of nitriles is 1. The highest BCUT2D eigenvalue weighted by Gasteiger charge is 2.10. The number of ether oxygens (including phenoxy) is 2. The number of methoxy groups -OCH3 is 1. The first kappa shape index (κ1) is 20.6. The number of anilines is 1. The Morgan fingerprint density at radius 1 is 1.13 bits per heavy atom. The number of benzene rings is 2. The van der Waals surface area contributed by atoms with Gasteiger partial charge in [0.2, 0.25) is 0 Å². The fourth-order valence-electron chi connectivity index (χ4n) is 2.72. The van der Waals surface area contributed by atoms with E-state index in [9.17, 15) is 10.1 Å². The number of carbonyl (C=O) groups excluding carboxylic acids is 1. The highest BCUT2D eigenvalue weighted by atomic mass is 16.5. The second kappa shape index (κ2) is 9.89. The molecule has 0 radical (unpaired) electrons. The van der Waals surface area contributed by atoms with Crippen LogP contribution in [0.3, 0.4) is 0 Å². The largest absolute Gasteiger partial charge is 0.493 e. The normalized spacial score (nSPS) is 10.8. The van der Waals surface area contributed by atoms with E-state index in [1.807, 2.05) is 37.3 Å². The van der Waals surface area contributed by atoms with Crippen LogP contribution in [0.2, 0.25) is 0 Å². The molecule has 3 rings (SSSR count). The monoisotopic (exact) mass is 399 g/mol. The van der Waals surface area contributed by atoms with Gasteiger partial charge in [-0.1, -0.05) is 29.8 Å². The van der Waals surface area contributed by atoms with Gasteiger partial charge in [-0.3, -0.25) is 9.78 Å². The number of nitrogens with one attached hydrogen (secondary N) is 1. The predicted octanol–water partition coefficient (Wildman–Crippen LogP) is 4.48. The zero-order valence-electron chi connectivity index (χ0n) is 16.8. The molecule has 0 spiro atoms. The van der Waals surface area contributed by atoms with E-state index in [2.05, 4.69) is 16.4 Å². The summed E-state index contributed by atoms with van der Waals surface area (Å²) in [5.41, 5.74) is 3.60. The number of rotatable bonds is 7. The van der Waals surface area contributed by atoms with Crippen LogP contribution < -0.4 is 14.8 Å². The highest BCUT2D eigenvalue weighted by molar-refractivity contribution is 5.92. The number of hydrogen-bond donors (Lipinski definition) is 1. The summed E-state index contributed by atoms with van der Waals surface area (Å²) in [6.07, 6.45) is 3.36. The molecule has 0 aliphatic heterocycles. The SMILES string of the molecule is COc1cc(C=C(C#N)c2ccccn2)ccc1OCC(=O)Nc1ccc(C)cc1. The van der Waals surface area contributed by atoms with E-state index in [-0.39, 0.29) is 12.5 Å². The summed E-state index contributed by atoms with van der Waals surface area (Å²) in [5.74, 6) is 0.627. The molecule has 150 valence electrons. The van der Waals surface area contributed by atoms with E-state index < -0.39 is 0 Å². The molecule has 0 aliphatic rings. The van der Waals surface area contributed by atoms with Crippen molar-refractivity contribution in [3.63, 3.8) is 0 Å². The van der Waals surface area contributed by atoms with Gasteiger partial charge in [-0.15, -0.1) is 0 Å². The zero-order valence-corrected chi connectivity index (χ0v) is 16.8. The quantitative estimate of drug-likeness (QED) is 0.592. The fourth-order valence-corrected chi connectivity index (χ4v) is 2.72. The molecule has 3 aromatic rings. The molecule has 2 aromatic carbocycles. The third kappa shape index (κ3) is 5.46. The topological polar surface area (TPSA) is 84.2 Å². The molecule has 0 saturated heterocycles. The molecule has 0 saturated carbocycles. The average Bonchev–Trinajstić information content (AvgIpc) is 2.78. The van der Waals surface area contributed by atoms with Gasteiger partial charge in [-0.05, 0) is 55.0 Å². The molecular weight excluding hydrogens is 378 g/mol. The van der Waals surface area contributed by atoms with Crippen LogP contribution in [0.25, 0.3) is 11.6 Å². The van der Waals surface area contributed by atoms with Crippen LogP contribution in [0, 0.1) is 18.3 Å². The minimum absolute atomic E-state index is 0.156. The third-order valence-corrected chi connectivity index (χ3v) is 4.25. The molecule has 0 aliphatic carbocycles. The van der Waals surface area contributed by atoms with E-state index in [0.29, 0.717) is 28.5 Å². The molecule has 30 heavy (non-hydrogen) atoms. The Morgan fingerprint density at radius 3 is 2.60 bits per heavy atom. The summed E-state index contributed by atoms with van der Waals surface area (Å²) >= 11 is 0. The van der Waals surface area contributed by atoms with Crippen LogP contribution in [0.5, 0.6) is 11.5 Å². The molecule has 6 nitrogen and oxygen atoms in total. The van der Waals surface area contributed by atoms with E-state index in [1.54, 1.807) is 42.6 Å². The van der Waals surface area contributed by atoms with Gasteiger partial charge in [-0.25, -0.2) is 0 Å². The van der Waals surface area contributed by atoms with Crippen molar-refractivity contribution >= 4 is 23.2 Å². The summed E-state index contributed by atoms with van der Waals surface area (Å²) in [4.78, 5) is 16.4. The number of carbonyl (C=O) groups is 1. The predicted molar refractivity (Wildman–Crippen MR) is 116 cm³/mol. The van der Waals surface area contributed by atoms with Crippen LogP contribution in [-0.4, -0.2) is 24.6 Å². The zero-order chi connectivity index (χ0) is 21.3. The van der Waals surface area contributed by atoms with Crippen LogP contribution in [-0.2, 0) is 4.79 Å². The average molecular weight is 399 g/mol. The summed E-state index contributed by atoms with van der Waals surface area (Å²) < 4.78 is 11.0. The van der Waals surface area contributed by atoms with Crippen LogP contribution in [0.1, 0.15) is 16.8 Å². The Morgan fingerprint density at radius 2 is 1.93 bits per heavy atom. The number of pyridine rings is 1. The van der Waals surface area contributed by atoms with Gasteiger partial charge in [0.1, 0.15) is 6.07 Å². The highest BCUT2D eigenvalue weighted by Crippen LogP contribution is 2.29. The van der Waals surface area contributed by atoms with Gasteiger partial charge >= 0.3 is 0 Å². The maximum absolute atomic E-state index is 12.1. The lowest BCUT2D eigenvalue weighted by atomic mass is 10.1. The van der Waals surface area contributed by atoms with Crippen LogP contribution >= 0.6 is 0 Å². The molecular formula is C24H21N3O3. The maximum atomic E-state index is 12.1. The van der Waals surface area contributed by atoms with Crippen molar-refractivity contribution in [2.75, 3.05) is 19.0 Å². The standard InChI is InChI=1S/C24H21N3O3/c1-17-6-9-20(10-7-17)27-24(28)16-30-22-11-8-18(14-23(22)29-2)13-19(15-25)21-5-3-4-12-26-21/h3-14H,16H2,1-2H3,(H,27,28). The van der Waals surface area contributed by atoms with Crippen LogP contribution in [0.15, 0.2) is 66.9 Å². The molecule has 1 amide bonds. The van der Waals surface area contributed by atoms with Crippen molar-refractivity contribution in [3.05, 3.63) is 83.7 Å². The molecule has 6 heteroatoms. The number of allylic oxidation sites excluding steroid dienone is 1. The summed E-state index contributed by atoms with van der Waals surface area (Å²) in [5, 5.41) is 12.2. The summed E-state index contributed by atoms with van der Waals surface area (Å²) in [7, 11) is 1.52. The number of hydrogen-bond acceptors (Lipinski definition) is 5. The van der Waals surface area contributed by atoms with Gasteiger partial charge < -0.3 is 14.8 Å². The fraction of sp³-hybridized carbons (Fsp3) is 0.125.